The second kappa shape index (κ2) is 5.55. The second-order valence-electron chi connectivity index (χ2n) is 6.58. The van der Waals surface area contributed by atoms with Crippen molar-refractivity contribution in [2.75, 3.05) is 19.6 Å². The molecule has 1 aromatic heterocycles. The van der Waals surface area contributed by atoms with E-state index in [1.54, 1.807) is 4.88 Å². The van der Waals surface area contributed by atoms with Gasteiger partial charge < -0.3 is 0 Å². The lowest BCUT2D eigenvalue weighted by Crippen LogP contribution is -2.37. The molecule has 3 heteroatoms. The average Bonchev–Trinajstić information content (AvgIpc) is 3.00. The molecule has 0 saturated carbocycles. The minimum atomic E-state index is 0.799. The molecule has 2 atom stereocenters. The third-order valence-corrected chi connectivity index (χ3v) is 5.55. The van der Waals surface area contributed by atoms with E-state index in [1.165, 1.54) is 43.9 Å². The minimum absolute atomic E-state index is 0.799. The van der Waals surface area contributed by atoms with Gasteiger partial charge in [-0.3, -0.25) is 9.80 Å². The number of aryl methyl sites for hydroxylation is 1. The molecule has 19 heavy (non-hydrogen) atoms. The van der Waals surface area contributed by atoms with Crippen molar-refractivity contribution in [3.8, 4) is 0 Å². The molecule has 106 valence electrons. The summed E-state index contributed by atoms with van der Waals surface area (Å²) in [5, 5.41) is 0. The standard InChI is InChI=1S/C16H26N2S/c1-12(2)10-17-8-6-16-15(17)7-9-18(16)11-14-5-4-13(3)19-14/h4-5,12,15-16H,6-11H2,1-3H3/t15-,16+/m1/s1. The van der Waals surface area contributed by atoms with Gasteiger partial charge in [-0.15, -0.1) is 11.3 Å². The van der Waals surface area contributed by atoms with Gasteiger partial charge in [0.2, 0.25) is 0 Å². The molecule has 2 aliphatic heterocycles. The van der Waals surface area contributed by atoms with Gasteiger partial charge in [0.1, 0.15) is 0 Å². The molecule has 3 rings (SSSR count). The Hall–Kier alpha value is -0.380. The van der Waals surface area contributed by atoms with Crippen LogP contribution in [0.1, 0.15) is 36.4 Å². The Kier molecular flexibility index (Phi) is 3.97. The lowest BCUT2D eigenvalue weighted by molar-refractivity contribution is 0.204. The Balaban J connectivity index is 1.61. The predicted octanol–water partition coefficient (Wildman–Crippen LogP) is 3.36. The Morgan fingerprint density at radius 1 is 1.16 bits per heavy atom. The minimum Gasteiger partial charge on any atom is -0.298 e. The highest BCUT2D eigenvalue weighted by Crippen LogP contribution is 2.33. The predicted molar refractivity (Wildman–Crippen MR) is 82.7 cm³/mol. The van der Waals surface area contributed by atoms with E-state index in [9.17, 15) is 0 Å². The van der Waals surface area contributed by atoms with Crippen molar-refractivity contribution in [3.63, 3.8) is 0 Å². The van der Waals surface area contributed by atoms with E-state index in [-0.39, 0.29) is 0 Å². The molecule has 3 heterocycles. The molecule has 0 radical (unpaired) electrons. The lowest BCUT2D eigenvalue weighted by atomic mass is 10.1. The summed E-state index contributed by atoms with van der Waals surface area (Å²) in [6, 6.07) is 6.23. The summed E-state index contributed by atoms with van der Waals surface area (Å²) < 4.78 is 0. The molecule has 0 amide bonds. The van der Waals surface area contributed by atoms with E-state index in [0.29, 0.717) is 0 Å². The van der Waals surface area contributed by atoms with Crippen LogP contribution in [0.5, 0.6) is 0 Å². The van der Waals surface area contributed by atoms with Crippen LogP contribution in [0.2, 0.25) is 0 Å². The third-order valence-electron chi connectivity index (χ3n) is 4.56. The SMILES string of the molecule is Cc1ccc(CN2CC[C@@H]3[C@@H]2CCN3CC(C)C)s1. The van der Waals surface area contributed by atoms with Crippen LogP contribution in [0.3, 0.4) is 0 Å². The molecule has 0 aromatic carbocycles. The summed E-state index contributed by atoms with van der Waals surface area (Å²) in [5.74, 6) is 0.799. The van der Waals surface area contributed by atoms with Crippen molar-refractivity contribution in [1.82, 2.24) is 9.80 Å². The summed E-state index contributed by atoms with van der Waals surface area (Å²) in [6.07, 6.45) is 2.75. The van der Waals surface area contributed by atoms with Crippen molar-refractivity contribution < 1.29 is 0 Å². The summed E-state index contributed by atoms with van der Waals surface area (Å²) in [6.45, 7) is 12.0. The highest BCUT2D eigenvalue weighted by molar-refractivity contribution is 7.11. The van der Waals surface area contributed by atoms with Crippen LogP contribution >= 0.6 is 11.3 Å². The van der Waals surface area contributed by atoms with Crippen LogP contribution in [-0.2, 0) is 6.54 Å². The normalized spacial score (nSPS) is 28.4. The highest BCUT2D eigenvalue weighted by atomic mass is 32.1. The number of fused-ring (bicyclic) bond motifs is 1. The van der Waals surface area contributed by atoms with Crippen molar-refractivity contribution in [3.05, 3.63) is 21.9 Å². The summed E-state index contributed by atoms with van der Waals surface area (Å²) in [5.41, 5.74) is 0. The van der Waals surface area contributed by atoms with Crippen LogP contribution in [-0.4, -0.2) is 41.5 Å². The molecule has 0 aliphatic carbocycles. The zero-order valence-electron chi connectivity index (χ0n) is 12.4. The van der Waals surface area contributed by atoms with Crippen molar-refractivity contribution in [1.29, 1.82) is 0 Å². The maximum absolute atomic E-state index is 2.75. The Morgan fingerprint density at radius 3 is 2.47 bits per heavy atom. The van der Waals surface area contributed by atoms with E-state index in [1.807, 2.05) is 11.3 Å². The molecular weight excluding hydrogens is 252 g/mol. The lowest BCUT2D eigenvalue weighted by Gasteiger charge is -2.26. The van der Waals surface area contributed by atoms with Crippen LogP contribution in [0, 0.1) is 12.8 Å². The zero-order valence-corrected chi connectivity index (χ0v) is 13.2. The quantitative estimate of drug-likeness (QED) is 0.833. The number of likely N-dealkylation sites (tertiary alicyclic amines) is 2. The maximum atomic E-state index is 2.75. The number of hydrogen-bond acceptors (Lipinski definition) is 3. The van der Waals surface area contributed by atoms with E-state index in [0.717, 1.165) is 18.0 Å². The number of hydrogen-bond donors (Lipinski definition) is 0. The monoisotopic (exact) mass is 278 g/mol. The van der Waals surface area contributed by atoms with Crippen LogP contribution < -0.4 is 0 Å². The van der Waals surface area contributed by atoms with Crippen molar-refractivity contribution >= 4 is 11.3 Å². The van der Waals surface area contributed by atoms with Crippen LogP contribution in [0.25, 0.3) is 0 Å². The van der Waals surface area contributed by atoms with Gasteiger partial charge in [-0.1, -0.05) is 13.8 Å². The largest absolute Gasteiger partial charge is 0.298 e. The van der Waals surface area contributed by atoms with E-state index in [2.05, 4.69) is 42.7 Å². The van der Waals surface area contributed by atoms with Gasteiger partial charge >= 0.3 is 0 Å². The topological polar surface area (TPSA) is 6.48 Å². The van der Waals surface area contributed by atoms with E-state index >= 15 is 0 Å². The molecule has 1 aromatic rings. The first-order valence-corrected chi connectivity index (χ1v) is 8.48. The molecule has 2 fully saturated rings. The molecule has 0 N–H and O–H groups in total. The molecule has 2 nitrogen and oxygen atoms in total. The fourth-order valence-electron chi connectivity index (χ4n) is 3.83. The van der Waals surface area contributed by atoms with Gasteiger partial charge in [0.05, 0.1) is 0 Å². The molecule has 0 unspecified atom stereocenters. The maximum Gasteiger partial charge on any atom is 0.0331 e. The number of rotatable bonds is 4. The van der Waals surface area contributed by atoms with Gasteiger partial charge in [0.25, 0.3) is 0 Å². The zero-order chi connectivity index (χ0) is 13.4. The van der Waals surface area contributed by atoms with Crippen molar-refractivity contribution in [2.45, 2.75) is 52.2 Å². The summed E-state index contributed by atoms with van der Waals surface area (Å²) in [4.78, 5) is 8.46. The average molecular weight is 278 g/mol. The highest BCUT2D eigenvalue weighted by Gasteiger charge is 2.42. The fourth-order valence-corrected chi connectivity index (χ4v) is 4.74. The van der Waals surface area contributed by atoms with Gasteiger partial charge in [-0.25, -0.2) is 0 Å². The van der Waals surface area contributed by atoms with Gasteiger partial charge in [0, 0.05) is 48.0 Å². The smallest absolute Gasteiger partial charge is 0.0331 e. The van der Waals surface area contributed by atoms with Gasteiger partial charge in [-0.05, 0) is 37.8 Å². The molecule has 0 spiro atoms. The first-order valence-electron chi connectivity index (χ1n) is 7.67. The first-order chi connectivity index (χ1) is 9.13. The fraction of sp³-hybridized carbons (Fsp3) is 0.750. The first kappa shape index (κ1) is 13.6. The van der Waals surface area contributed by atoms with Crippen LogP contribution in [0.15, 0.2) is 12.1 Å². The third kappa shape index (κ3) is 2.88. The van der Waals surface area contributed by atoms with Gasteiger partial charge in [-0.2, -0.15) is 0 Å². The van der Waals surface area contributed by atoms with Gasteiger partial charge in [0.15, 0.2) is 0 Å². The Labute approximate surface area is 121 Å². The summed E-state index contributed by atoms with van der Waals surface area (Å²) >= 11 is 1.96. The van der Waals surface area contributed by atoms with E-state index in [4.69, 9.17) is 0 Å². The molecule has 0 bridgehead atoms. The van der Waals surface area contributed by atoms with Crippen molar-refractivity contribution in [2.24, 2.45) is 5.92 Å². The Bertz CT molecular complexity index is 426. The Morgan fingerprint density at radius 2 is 1.84 bits per heavy atom. The second-order valence-corrected chi connectivity index (χ2v) is 7.96. The number of nitrogens with zero attached hydrogens (tertiary/aromatic N) is 2. The summed E-state index contributed by atoms with van der Waals surface area (Å²) in [7, 11) is 0. The van der Waals surface area contributed by atoms with E-state index < -0.39 is 0 Å². The molecule has 2 aliphatic rings. The molecular formula is C16H26N2S. The molecule has 2 saturated heterocycles. The number of thiophene rings is 1. The van der Waals surface area contributed by atoms with Crippen LogP contribution in [0.4, 0.5) is 0 Å².